The number of carboxylic acids is 1. The standard InChI is InChI=1S/C25H38O3/c1-18(2)7-6-16-25(24(27)28)22-13-10-19(3)8-5-9-20(4)11-15-23(25)21(17-26)12-14-22/h7,9-10,12,22-23,26H,5-6,8,11,13-17H2,1-4H3,(H,27,28)/t22-,23-,25-/m0/s1. The molecule has 0 fully saturated rings. The summed E-state index contributed by atoms with van der Waals surface area (Å²) in [7, 11) is 0. The van der Waals surface area contributed by atoms with E-state index in [-0.39, 0.29) is 18.4 Å². The molecule has 3 heteroatoms. The maximum atomic E-state index is 12.8. The molecule has 0 spiro atoms. The number of carboxylic acid groups (broad SMARTS) is 1. The Morgan fingerprint density at radius 1 is 1.14 bits per heavy atom. The molecule has 3 nitrogen and oxygen atoms in total. The van der Waals surface area contributed by atoms with Crippen LogP contribution in [-0.2, 0) is 4.79 Å². The van der Waals surface area contributed by atoms with E-state index in [0.29, 0.717) is 6.42 Å². The summed E-state index contributed by atoms with van der Waals surface area (Å²) in [4.78, 5) is 12.8. The molecule has 0 radical (unpaired) electrons. The first kappa shape index (κ1) is 22.7. The van der Waals surface area contributed by atoms with Crippen LogP contribution in [0.2, 0.25) is 0 Å². The van der Waals surface area contributed by atoms with Crippen LogP contribution < -0.4 is 0 Å². The van der Waals surface area contributed by atoms with Gasteiger partial charge in [-0.1, -0.05) is 41.0 Å². The van der Waals surface area contributed by atoms with Crippen molar-refractivity contribution < 1.29 is 15.0 Å². The molecule has 0 aromatic heterocycles. The predicted molar refractivity (Wildman–Crippen MR) is 116 cm³/mol. The molecule has 0 aliphatic heterocycles. The topological polar surface area (TPSA) is 57.5 Å². The van der Waals surface area contributed by atoms with Gasteiger partial charge in [-0.15, -0.1) is 0 Å². The second-order valence-electron chi connectivity index (χ2n) is 9.00. The molecule has 0 amide bonds. The first-order valence-corrected chi connectivity index (χ1v) is 10.8. The van der Waals surface area contributed by atoms with Gasteiger partial charge in [-0.25, -0.2) is 0 Å². The van der Waals surface area contributed by atoms with Gasteiger partial charge in [-0.3, -0.25) is 4.79 Å². The van der Waals surface area contributed by atoms with Crippen molar-refractivity contribution in [3.05, 3.63) is 46.6 Å². The third-order valence-electron chi connectivity index (χ3n) is 6.76. The van der Waals surface area contributed by atoms with Crippen LogP contribution in [0.5, 0.6) is 0 Å². The number of aliphatic hydroxyl groups excluding tert-OH is 1. The summed E-state index contributed by atoms with van der Waals surface area (Å²) in [5, 5.41) is 20.6. The molecule has 156 valence electrons. The highest BCUT2D eigenvalue weighted by Gasteiger charge is 2.52. The highest BCUT2D eigenvalue weighted by molar-refractivity contribution is 5.76. The monoisotopic (exact) mass is 386 g/mol. The van der Waals surface area contributed by atoms with Crippen molar-refractivity contribution >= 4 is 5.97 Å². The molecule has 28 heavy (non-hydrogen) atoms. The van der Waals surface area contributed by atoms with Crippen molar-refractivity contribution in [2.45, 2.75) is 79.1 Å². The van der Waals surface area contributed by atoms with Gasteiger partial charge in [0.2, 0.25) is 0 Å². The van der Waals surface area contributed by atoms with Gasteiger partial charge in [-0.05, 0) is 96.5 Å². The van der Waals surface area contributed by atoms with Gasteiger partial charge >= 0.3 is 5.97 Å². The van der Waals surface area contributed by atoms with Crippen LogP contribution >= 0.6 is 0 Å². The minimum absolute atomic E-state index is 0.0350. The first-order valence-electron chi connectivity index (χ1n) is 10.8. The molecule has 0 unspecified atom stereocenters. The minimum atomic E-state index is -0.810. The maximum absolute atomic E-state index is 12.8. The average Bonchev–Trinajstić information content (AvgIpc) is 2.63. The summed E-state index contributed by atoms with van der Waals surface area (Å²) in [6.45, 7) is 8.41. The summed E-state index contributed by atoms with van der Waals surface area (Å²) in [5.74, 6) is -0.709. The molecule has 0 saturated heterocycles. The number of aliphatic hydroxyl groups is 1. The average molecular weight is 387 g/mol. The van der Waals surface area contributed by atoms with Crippen LogP contribution in [0.4, 0.5) is 0 Å². The number of fused-ring (bicyclic) bond motifs is 2. The van der Waals surface area contributed by atoms with E-state index >= 15 is 0 Å². The van der Waals surface area contributed by atoms with E-state index in [1.54, 1.807) is 0 Å². The van der Waals surface area contributed by atoms with Gasteiger partial charge in [0.15, 0.2) is 0 Å². The highest BCUT2D eigenvalue weighted by Crippen LogP contribution is 2.53. The zero-order valence-corrected chi connectivity index (χ0v) is 18.1. The largest absolute Gasteiger partial charge is 0.481 e. The van der Waals surface area contributed by atoms with E-state index in [4.69, 9.17) is 0 Å². The molecule has 2 aliphatic carbocycles. The van der Waals surface area contributed by atoms with Gasteiger partial charge in [-0.2, -0.15) is 0 Å². The van der Waals surface area contributed by atoms with Gasteiger partial charge in [0.05, 0.1) is 12.0 Å². The molecule has 0 saturated carbocycles. The minimum Gasteiger partial charge on any atom is -0.481 e. The third-order valence-corrected chi connectivity index (χ3v) is 6.76. The summed E-state index contributed by atoms with van der Waals surface area (Å²) >= 11 is 0. The van der Waals surface area contributed by atoms with Crippen molar-refractivity contribution in [1.82, 2.24) is 0 Å². The Morgan fingerprint density at radius 2 is 1.82 bits per heavy atom. The van der Waals surface area contributed by atoms with Gasteiger partial charge in [0.25, 0.3) is 0 Å². The van der Waals surface area contributed by atoms with E-state index < -0.39 is 11.4 Å². The van der Waals surface area contributed by atoms with E-state index in [1.165, 1.54) is 16.7 Å². The molecule has 0 heterocycles. The molecule has 2 rings (SSSR count). The number of hydrogen-bond donors (Lipinski definition) is 2. The summed E-state index contributed by atoms with van der Waals surface area (Å²) in [6.07, 6.45) is 15.6. The normalized spacial score (nSPS) is 28.8. The van der Waals surface area contributed by atoms with Crippen molar-refractivity contribution in [1.29, 1.82) is 0 Å². The third kappa shape index (κ3) is 5.26. The van der Waals surface area contributed by atoms with Crippen LogP contribution in [0.1, 0.15) is 79.1 Å². The molecular weight excluding hydrogens is 348 g/mol. The Labute approximate surface area is 170 Å². The molecule has 2 aliphatic rings. The molecule has 0 aromatic carbocycles. The van der Waals surface area contributed by atoms with Crippen LogP contribution in [0.3, 0.4) is 0 Å². The van der Waals surface area contributed by atoms with Gasteiger partial charge in [0.1, 0.15) is 0 Å². The van der Waals surface area contributed by atoms with Crippen molar-refractivity contribution in [3.63, 3.8) is 0 Å². The Hall–Kier alpha value is -1.61. The predicted octanol–water partition coefficient (Wildman–Crippen LogP) is 6.22. The number of aliphatic carboxylic acids is 1. The first-order chi connectivity index (χ1) is 13.3. The lowest BCUT2D eigenvalue weighted by atomic mass is 9.55. The Kier molecular flexibility index (Phi) is 8.30. The van der Waals surface area contributed by atoms with E-state index in [1.807, 2.05) is 0 Å². The maximum Gasteiger partial charge on any atom is 0.310 e. The highest BCUT2D eigenvalue weighted by atomic mass is 16.4. The fourth-order valence-electron chi connectivity index (χ4n) is 5.06. The number of hydrogen-bond acceptors (Lipinski definition) is 2. The van der Waals surface area contributed by atoms with Gasteiger partial charge < -0.3 is 10.2 Å². The second-order valence-corrected chi connectivity index (χ2v) is 9.00. The van der Waals surface area contributed by atoms with Crippen molar-refractivity contribution in [2.24, 2.45) is 17.3 Å². The quantitative estimate of drug-likeness (QED) is 0.552. The lowest BCUT2D eigenvalue weighted by Gasteiger charge is -2.47. The number of rotatable bonds is 5. The van der Waals surface area contributed by atoms with Crippen LogP contribution in [0.15, 0.2) is 46.6 Å². The fraction of sp³-hybridized carbons (Fsp3) is 0.640. The molecular formula is C25H38O3. The molecule has 3 atom stereocenters. The smallest absolute Gasteiger partial charge is 0.310 e. The van der Waals surface area contributed by atoms with E-state index in [2.05, 4.69) is 52.0 Å². The molecule has 0 aromatic rings. The van der Waals surface area contributed by atoms with Gasteiger partial charge in [0, 0.05) is 0 Å². The lowest BCUT2D eigenvalue weighted by molar-refractivity contribution is -0.158. The van der Waals surface area contributed by atoms with E-state index in [9.17, 15) is 15.0 Å². The zero-order valence-electron chi connectivity index (χ0n) is 18.1. The fourth-order valence-corrected chi connectivity index (χ4v) is 5.06. The summed E-state index contributed by atoms with van der Waals surface area (Å²) < 4.78 is 0. The zero-order chi connectivity index (χ0) is 20.7. The Balaban J connectivity index is 2.53. The Morgan fingerprint density at radius 3 is 2.46 bits per heavy atom. The van der Waals surface area contributed by atoms with Crippen LogP contribution in [0.25, 0.3) is 0 Å². The lowest BCUT2D eigenvalue weighted by Crippen LogP contribution is -2.48. The van der Waals surface area contributed by atoms with Crippen LogP contribution in [-0.4, -0.2) is 22.8 Å². The summed E-state index contributed by atoms with van der Waals surface area (Å²) in [5.41, 5.74) is 4.03. The van der Waals surface area contributed by atoms with E-state index in [0.717, 1.165) is 50.5 Å². The Bertz CT molecular complexity index is 676. The second kappa shape index (κ2) is 10.2. The number of carbonyl (C=O) groups is 1. The summed E-state index contributed by atoms with van der Waals surface area (Å²) in [6, 6.07) is 0. The molecule has 2 N–H and O–H groups in total. The van der Waals surface area contributed by atoms with Crippen molar-refractivity contribution in [2.75, 3.05) is 6.61 Å². The number of allylic oxidation sites excluding steroid dienone is 7. The van der Waals surface area contributed by atoms with Crippen molar-refractivity contribution in [3.8, 4) is 0 Å². The SMILES string of the molecule is CC(C)=CCC[C@]1(C(=O)O)[C@H]2CC=C(C)CCC=C(C)CC[C@H]1C(CO)=CC2. The van der Waals surface area contributed by atoms with Crippen LogP contribution in [0, 0.1) is 17.3 Å². The molecule has 2 bridgehead atoms.